The summed E-state index contributed by atoms with van der Waals surface area (Å²) in [7, 11) is 1.30. The van der Waals surface area contributed by atoms with Crippen molar-refractivity contribution in [1.29, 1.82) is 0 Å². The van der Waals surface area contributed by atoms with Crippen LogP contribution in [-0.2, 0) is 9.53 Å². The zero-order chi connectivity index (χ0) is 22.7. The van der Waals surface area contributed by atoms with E-state index >= 15 is 0 Å². The molecule has 4 rings (SSSR count). The van der Waals surface area contributed by atoms with Crippen molar-refractivity contribution in [3.05, 3.63) is 64.8 Å². The van der Waals surface area contributed by atoms with E-state index in [0.717, 1.165) is 27.0 Å². The molecule has 2 bridgehead atoms. The number of aromatic nitrogens is 3. The lowest BCUT2D eigenvalue weighted by Crippen LogP contribution is -2.21. The Kier molecular flexibility index (Phi) is 6.36. The molecule has 1 aromatic carbocycles. The Bertz CT molecular complexity index is 1190. The molecule has 1 aliphatic heterocycles. The van der Waals surface area contributed by atoms with Crippen LogP contribution in [0.15, 0.2) is 53.3 Å². The number of ether oxygens (including phenoxy) is 1. The van der Waals surface area contributed by atoms with Gasteiger partial charge in [0.25, 0.3) is 0 Å². The molecule has 0 radical (unpaired) electrons. The summed E-state index contributed by atoms with van der Waals surface area (Å²) in [5.74, 6) is 0.381. The molecule has 0 fully saturated rings. The van der Waals surface area contributed by atoms with Gasteiger partial charge in [-0.2, -0.15) is 0 Å². The number of amides is 2. The Morgan fingerprint density at radius 3 is 2.81 bits per heavy atom. The van der Waals surface area contributed by atoms with E-state index in [1.807, 2.05) is 25.1 Å². The fourth-order valence-electron chi connectivity index (χ4n) is 3.45. The van der Waals surface area contributed by atoms with E-state index in [1.165, 1.54) is 7.11 Å². The van der Waals surface area contributed by atoms with Gasteiger partial charge in [-0.05, 0) is 59.1 Å². The number of nitrogens with zero attached hydrogens (tertiary/aromatic N) is 2. The average molecular weight is 496 g/mol. The summed E-state index contributed by atoms with van der Waals surface area (Å²) in [5.41, 5.74) is 4.23. The summed E-state index contributed by atoms with van der Waals surface area (Å²) in [6, 6.07) is 9.12. The van der Waals surface area contributed by atoms with Crippen molar-refractivity contribution in [1.82, 2.24) is 15.0 Å². The number of hydrogen-bond donors (Lipinski definition) is 3. The number of H-pyrrole nitrogens is 1. The highest BCUT2D eigenvalue weighted by atomic mass is 79.9. The van der Waals surface area contributed by atoms with Gasteiger partial charge < -0.3 is 15.0 Å². The Morgan fingerprint density at radius 2 is 2.06 bits per heavy atom. The van der Waals surface area contributed by atoms with Gasteiger partial charge in [0, 0.05) is 33.4 Å². The summed E-state index contributed by atoms with van der Waals surface area (Å²) in [6.45, 7) is 1.90. The number of allylic oxidation sites excluding steroid dienone is 1. The number of nitrogens with one attached hydrogen (secondary N) is 3. The molecule has 0 saturated heterocycles. The second-order valence-electron chi connectivity index (χ2n) is 7.47. The number of carbonyl (C=O) groups excluding carboxylic acids is 2. The van der Waals surface area contributed by atoms with Crippen LogP contribution in [0, 0.1) is 5.92 Å². The number of methoxy groups -OCH3 is 1. The number of anilines is 2. The third-order valence-electron chi connectivity index (χ3n) is 5.23. The number of rotatable bonds is 2. The van der Waals surface area contributed by atoms with Crippen LogP contribution in [0.3, 0.4) is 0 Å². The first-order valence-corrected chi connectivity index (χ1v) is 10.9. The molecule has 0 aliphatic carbocycles. The van der Waals surface area contributed by atoms with Gasteiger partial charge in [0.2, 0.25) is 5.91 Å². The molecule has 32 heavy (non-hydrogen) atoms. The lowest BCUT2D eigenvalue weighted by molar-refractivity contribution is -0.119. The summed E-state index contributed by atoms with van der Waals surface area (Å²) in [4.78, 5) is 36.9. The molecule has 0 saturated carbocycles. The van der Waals surface area contributed by atoms with Crippen LogP contribution in [0.4, 0.5) is 16.2 Å². The topological polar surface area (TPSA) is 109 Å². The van der Waals surface area contributed by atoms with Crippen molar-refractivity contribution in [2.45, 2.75) is 19.8 Å². The van der Waals surface area contributed by atoms with Crippen molar-refractivity contribution in [2.24, 2.45) is 5.92 Å². The van der Waals surface area contributed by atoms with Crippen LogP contribution in [0.25, 0.3) is 16.8 Å². The van der Waals surface area contributed by atoms with Crippen LogP contribution in [-0.4, -0.2) is 34.1 Å². The summed E-state index contributed by atoms with van der Waals surface area (Å²) < 4.78 is 5.56. The molecular formula is C23H22BrN5O3. The number of fused-ring (bicyclic) bond motifs is 4. The number of aromatic amines is 1. The van der Waals surface area contributed by atoms with Gasteiger partial charge in [-0.25, -0.2) is 9.78 Å². The van der Waals surface area contributed by atoms with Crippen LogP contribution >= 0.6 is 15.9 Å². The zero-order valence-corrected chi connectivity index (χ0v) is 19.2. The zero-order valence-electron chi connectivity index (χ0n) is 17.6. The maximum absolute atomic E-state index is 12.8. The first kappa shape index (κ1) is 21.8. The molecule has 8 nitrogen and oxygen atoms in total. The van der Waals surface area contributed by atoms with Gasteiger partial charge in [0.05, 0.1) is 30.4 Å². The lowest BCUT2D eigenvalue weighted by Gasteiger charge is -2.16. The van der Waals surface area contributed by atoms with Gasteiger partial charge in [-0.1, -0.05) is 13.0 Å². The second-order valence-corrected chi connectivity index (χ2v) is 8.39. The maximum Gasteiger partial charge on any atom is 0.411 e. The largest absolute Gasteiger partial charge is 0.453 e. The molecule has 0 spiro atoms. The summed E-state index contributed by atoms with van der Waals surface area (Å²) in [5, 5.41) is 5.62. The van der Waals surface area contributed by atoms with Gasteiger partial charge in [0.1, 0.15) is 5.82 Å². The molecule has 3 aromatic rings. The Hall–Kier alpha value is -3.46. The van der Waals surface area contributed by atoms with Crippen molar-refractivity contribution in [2.75, 3.05) is 17.7 Å². The second kappa shape index (κ2) is 9.35. The Labute approximate surface area is 193 Å². The van der Waals surface area contributed by atoms with Crippen LogP contribution < -0.4 is 10.6 Å². The number of benzene rings is 1. The van der Waals surface area contributed by atoms with E-state index in [-0.39, 0.29) is 11.8 Å². The number of hydrogen-bond acceptors (Lipinski definition) is 5. The van der Waals surface area contributed by atoms with E-state index in [0.29, 0.717) is 30.0 Å². The molecule has 3 N–H and O–H groups in total. The highest BCUT2D eigenvalue weighted by Crippen LogP contribution is 2.33. The molecule has 3 heterocycles. The Balaban J connectivity index is 1.80. The fourth-order valence-corrected chi connectivity index (χ4v) is 3.68. The summed E-state index contributed by atoms with van der Waals surface area (Å²) in [6.07, 6.45) is 6.30. The van der Waals surface area contributed by atoms with Crippen LogP contribution in [0.1, 0.15) is 31.3 Å². The molecule has 2 amide bonds. The third kappa shape index (κ3) is 4.72. The molecule has 1 atom stereocenters. The van der Waals surface area contributed by atoms with Gasteiger partial charge in [0.15, 0.2) is 0 Å². The maximum atomic E-state index is 12.8. The van der Waals surface area contributed by atoms with Crippen molar-refractivity contribution in [3.63, 3.8) is 0 Å². The van der Waals surface area contributed by atoms with Crippen LogP contribution in [0.5, 0.6) is 0 Å². The standard InChI is InChI=1S/C23H22BrN5O3/c1-13-4-3-5-17(18-9-6-14(24)11-25-18)21-26-12-20(28-21)16-8-7-15(27-23(31)32-2)10-19(16)29-22(13)30/h5-13H,3-4H2,1-2H3,(H,26,28)(H,27,31)(H,29,30)/b17-5-. The predicted molar refractivity (Wildman–Crippen MR) is 126 cm³/mol. The molecule has 1 unspecified atom stereocenters. The van der Waals surface area contributed by atoms with Gasteiger partial charge >= 0.3 is 6.09 Å². The monoisotopic (exact) mass is 495 g/mol. The summed E-state index contributed by atoms with van der Waals surface area (Å²) >= 11 is 3.42. The third-order valence-corrected chi connectivity index (χ3v) is 5.70. The normalized spacial score (nSPS) is 17.7. The predicted octanol–water partition coefficient (Wildman–Crippen LogP) is 5.21. The molecule has 1 aliphatic rings. The van der Waals surface area contributed by atoms with E-state index < -0.39 is 6.09 Å². The number of pyridine rings is 1. The van der Waals surface area contributed by atoms with Crippen molar-refractivity contribution >= 4 is 44.9 Å². The van der Waals surface area contributed by atoms with E-state index in [1.54, 1.807) is 24.5 Å². The SMILES string of the molecule is COC(=O)Nc1ccc2c(c1)NC(=O)C(C)CC/C=C(/c1ccc(Br)cn1)c1ncc-2[nH]1. The quantitative estimate of drug-likeness (QED) is 0.451. The minimum absolute atomic E-state index is 0.0986. The number of carbonyl (C=O) groups is 2. The fraction of sp³-hybridized carbons (Fsp3) is 0.217. The van der Waals surface area contributed by atoms with Crippen LogP contribution in [0.2, 0.25) is 0 Å². The molecule has 2 aromatic heterocycles. The van der Waals surface area contributed by atoms with Crippen molar-refractivity contribution in [3.8, 4) is 11.3 Å². The van der Waals surface area contributed by atoms with E-state index in [9.17, 15) is 9.59 Å². The molecular weight excluding hydrogens is 474 g/mol. The van der Waals surface area contributed by atoms with E-state index in [2.05, 4.69) is 52.3 Å². The lowest BCUT2D eigenvalue weighted by atomic mass is 10.0. The molecule has 164 valence electrons. The van der Waals surface area contributed by atoms with Gasteiger partial charge in [-0.3, -0.25) is 15.1 Å². The first-order chi connectivity index (χ1) is 15.4. The highest BCUT2D eigenvalue weighted by Gasteiger charge is 2.19. The minimum Gasteiger partial charge on any atom is -0.453 e. The first-order valence-electron chi connectivity index (χ1n) is 10.1. The smallest absolute Gasteiger partial charge is 0.411 e. The molecule has 9 heteroatoms. The number of halogens is 1. The average Bonchev–Trinajstić information content (AvgIpc) is 3.26. The van der Waals surface area contributed by atoms with Gasteiger partial charge in [-0.15, -0.1) is 0 Å². The van der Waals surface area contributed by atoms with E-state index in [4.69, 9.17) is 0 Å². The Morgan fingerprint density at radius 1 is 1.22 bits per heavy atom. The van der Waals surface area contributed by atoms with Crippen molar-refractivity contribution < 1.29 is 14.3 Å². The minimum atomic E-state index is -0.585. The number of imidazole rings is 1. The highest BCUT2D eigenvalue weighted by molar-refractivity contribution is 9.10.